The van der Waals surface area contributed by atoms with Crippen molar-refractivity contribution >= 4 is 28.0 Å². The van der Waals surface area contributed by atoms with Crippen LogP contribution in [0.4, 0.5) is 5.69 Å². The maximum atomic E-state index is 12.4. The predicted octanol–water partition coefficient (Wildman–Crippen LogP) is 2.01. The Morgan fingerprint density at radius 3 is 3.00 bits per heavy atom. The van der Waals surface area contributed by atoms with E-state index in [1.807, 2.05) is 6.07 Å². The van der Waals surface area contributed by atoms with Crippen LogP contribution in [-0.4, -0.2) is 31.7 Å². The molecule has 1 aromatic carbocycles. The smallest absolute Gasteiger partial charge is 0.323 e. The molecule has 0 fully saturated rings. The molecule has 0 aliphatic carbocycles. The Balaban J connectivity index is 1.89. The monoisotopic (exact) mass is 302 g/mol. The number of imidazole rings is 1. The quantitative estimate of drug-likeness (QED) is 0.506. The molecule has 3 rings (SSSR count). The van der Waals surface area contributed by atoms with Crippen LogP contribution in [-0.2, 0) is 16.9 Å². The van der Waals surface area contributed by atoms with Crippen molar-refractivity contribution in [3.63, 3.8) is 0 Å². The standard InChI is InChI=1S/C14H14N4O2S/c1-15-11-5-4-10(19)7-9(11)8-21(20)14-17-12-3-2-6-16-13(12)18-14/h2-7,15,19H,8H2,1H3,(H,16,17,18). The minimum Gasteiger partial charge on any atom is -0.609 e. The molecule has 0 amide bonds. The largest absolute Gasteiger partial charge is 0.609 e. The average molecular weight is 302 g/mol. The number of aromatic amines is 1. The van der Waals surface area contributed by atoms with Crippen molar-refractivity contribution in [2.75, 3.05) is 12.4 Å². The summed E-state index contributed by atoms with van der Waals surface area (Å²) >= 11 is -1.34. The number of phenolic OH excluding ortho intramolecular Hbond substituents is 1. The summed E-state index contributed by atoms with van der Waals surface area (Å²) in [7, 11) is 1.78. The molecule has 3 aromatic rings. The van der Waals surface area contributed by atoms with Crippen LogP contribution in [0.5, 0.6) is 5.75 Å². The Labute approximate surface area is 124 Å². The maximum absolute atomic E-state index is 12.4. The summed E-state index contributed by atoms with van der Waals surface area (Å²) in [4.78, 5) is 11.4. The molecule has 1 unspecified atom stereocenters. The van der Waals surface area contributed by atoms with Gasteiger partial charge < -0.3 is 15.0 Å². The number of aromatic nitrogens is 3. The highest BCUT2D eigenvalue weighted by Crippen LogP contribution is 2.25. The second-order valence-electron chi connectivity index (χ2n) is 4.50. The van der Waals surface area contributed by atoms with E-state index in [9.17, 15) is 9.66 Å². The highest BCUT2D eigenvalue weighted by Gasteiger charge is 2.19. The van der Waals surface area contributed by atoms with Crippen molar-refractivity contribution in [3.8, 4) is 5.75 Å². The van der Waals surface area contributed by atoms with Crippen LogP contribution in [0.25, 0.3) is 11.2 Å². The average Bonchev–Trinajstić information content (AvgIpc) is 2.91. The van der Waals surface area contributed by atoms with Gasteiger partial charge in [0.2, 0.25) is 0 Å². The number of H-pyrrole nitrogens is 1. The lowest BCUT2D eigenvalue weighted by molar-refractivity contribution is 0.475. The molecule has 21 heavy (non-hydrogen) atoms. The number of phenols is 1. The van der Waals surface area contributed by atoms with Crippen LogP contribution < -0.4 is 5.32 Å². The number of hydrogen-bond donors (Lipinski definition) is 3. The second kappa shape index (κ2) is 5.63. The van der Waals surface area contributed by atoms with Crippen molar-refractivity contribution in [1.82, 2.24) is 15.0 Å². The van der Waals surface area contributed by atoms with E-state index in [1.165, 1.54) is 0 Å². The minimum absolute atomic E-state index is 0.146. The molecule has 3 N–H and O–H groups in total. The molecule has 7 heteroatoms. The first-order valence-electron chi connectivity index (χ1n) is 6.36. The third kappa shape index (κ3) is 2.79. The number of benzene rings is 1. The van der Waals surface area contributed by atoms with E-state index in [-0.39, 0.29) is 11.5 Å². The zero-order valence-corrected chi connectivity index (χ0v) is 12.1. The first-order valence-corrected chi connectivity index (χ1v) is 7.68. The summed E-state index contributed by atoms with van der Waals surface area (Å²) in [6.45, 7) is 0. The van der Waals surface area contributed by atoms with Gasteiger partial charge in [0.25, 0.3) is 0 Å². The van der Waals surface area contributed by atoms with Gasteiger partial charge in [0.1, 0.15) is 11.5 Å². The summed E-state index contributed by atoms with van der Waals surface area (Å²) in [5.74, 6) is 0.400. The SMILES string of the molecule is CNc1ccc(O)cc1C[S+]([O-])c1nc2ncccc2[nH]1. The number of rotatable bonds is 4. The normalized spacial score (nSPS) is 12.5. The summed E-state index contributed by atoms with van der Waals surface area (Å²) in [6, 6.07) is 8.57. The van der Waals surface area contributed by atoms with E-state index >= 15 is 0 Å². The van der Waals surface area contributed by atoms with Gasteiger partial charge in [-0.2, -0.15) is 4.98 Å². The molecule has 2 heterocycles. The van der Waals surface area contributed by atoms with Gasteiger partial charge in [-0.15, -0.1) is 0 Å². The Hall–Kier alpha value is -2.25. The molecule has 2 aromatic heterocycles. The lowest BCUT2D eigenvalue weighted by Crippen LogP contribution is -2.08. The fourth-order valence-corrected chi connectivity index (χ4v) is 3.15. The second-order valence-corrected chi connectivity index (χ2v) is 5.86. The Bertz CT molecular complexity index is 742. The lowest BCUT2D eigenvalue weighted by atomic mass is 10.2. The van der Waals surface area contributed by atoms with Gasteiger partial charge in [0.05, 0.1) is 5.52 Å². The minimum atomic E-state index is -1.34. The molecule has 0 spiro atoms. The van der Waals surface area contributed by atoms with Gasteiger partial charge in [0.15, 0.2) is 5.65 Å². The summed E-state index contributed by atoms with van der Waals surface area (Å²) in [5, 5.41) is 13.0. The van der Waals surface area contributed by atoms with E-state index in [1.54, 1.807) is 37.5 Å². The topological polar surface area (TPSA) is 96.9 Å². The Morgan fingerprint density at radius 2 is 2.24 bits per heavy atom. The summed E-state index contributed by atoms with van der Waals surface area (Å²) < 4.78 is 12.4. The van der Waals surface area contributed by atoms with E-state index < -0.39 is 11.2 Å². The molecule has 0 aliphatic rings. The number of aromatic hydroxyl groups is 1. The van der Waals surface area contributed by atoms with Crippen LogP contribution in [0.15, 0.2) is 41.7 Å². The number of pyridine rings is 1. The fraction of sp³-hybridized carbons (Fsp3) is 0.143. The first kappa shape index (κ1) is 13.7. The molecule has 0 bridgehead atoms. The van der Waals surface area contributed by atoms with Gasteiger partial charge in [-0.25, -0.2) is 4.98 Å². The van der Waals surface area contributed by atoms with Gasteiger partial charge in [-0.3, -0.25) is 4.98 Å². The fourth-order valence-electron chi connectivity index (χ4n) is 2.08. The number of fused-ring (bicyclic) bond motifs is 1. The number of nitrogens with one attached hydrogen (secondary N) is 2. The van der Waals surface area contributed by atoms with Crippen molar-refractivity contribution in [1.29, 1.82) is 0 Å². The number of anilines is 1. The van der Waals surface area contributed by atoms with E-state index in [4.69, 9.17) is 0 Å². The van der Waals surface area contributed by atoms with Crippen molar-refractivity contribution < 1.29 is 9.66 Å². The highest BCUT2D eigenvalue weighted by molar-refractivity contribution is 7.90. The van der Waals surface area contributed by atoms with Crippen LogP contribution in [0.2, 0.25) is 0 Å². The van der Waals surface area contributed by atoms with Crippen molar-refractivity contribution in [2.45, 2.75) is 10.9 Å². The zero-order valence-electron chi connectivity index (χ0n) is 11.3. The van der Waals surface area contributed by atoms with E-state index in [2.05, 4.69) is 20.3 Å². The Morgan fingerprint density at radius 1 is 1.38 bits per heavy atom. The summed E-state index contributed by atoms with van der Waals surface area (Å²) in [5.41, 5.74) is 2.90. The van der Waals surface area contributed by atoms with E-state index in [0.717, 1.165) is 16.8 Å². The van der Waals surface area contributed by atoms with Crippen molar-refractivity contribution in [2.24, 2.45) is 0 Å². The molecule has 0 saturated heterocycles. The molecule has 0 saturated carbocycles. The molecular formula is C14H14N4O2S. The van der Waals surface area contributed by atoms with Gasteiger partial charge in [-0.05, 0) is 30.3 Å². The third-order valence-corrected chi connectivity index (χ3v) is 4.29. The first-order chi connectivity index (χ1) is 10.2. The van der Waals surface area contributed by atoms with Crippen molar-refractivity contribution in [3.05, 3.63) is 42.1 Å². The zero-order chi connectivity index (χ0) is 14.8. The van der Waals surface area contributed by atoms with Gasteiger partial charge >= 0.3 is 5.16 Å². The lowest BCUT2D eigenvalue weighted by Gasteiger charge is -2.11. The highest BCUT2D eigenvalue weighted by atomic mass is 32.2. The number of nitrogens with zero attached hydrogens (tertiary/aromatic N) is 2. The Kier molecular flexibility index (Phi) is 3.68. The van der Waals surface area contributed by atoms with Crippen LogP contribution >= 0.6 is 0 Å². The van der Waals surface area contributed by atoms with Crippen LogP contribution in [0.3, 0.4) is 0 Å². The van der Waals surface area contributed by atoms with Crippen LogP contribution in [0, 0.1) is 0 Å². The van der Waals surface area contributed by atoms with Crippen LogP contribution in [0.1, 0.15) is 5.56 Å². The third-order valence-electron chi connectivity index (χ3n) is 3.10. The van der Waals surface area contributed by atoms with E-state index in [0.29, 0.717) is 10.8 Å². The molecule has 1 atom stereocenters. The molecule has 0 aliphatic heterocycles. The molecule has 6 nitrogen and oxygen atoms in total. The van der Waals surface area contributed by atoms with Gasteiger partial charge in [-0.1, -0.05) is 0 Å². The maximum Gasteiger partial charge on any atom is 0.323 e. The van der Waals surface area contributed by atoms with Gasteiger partial charge in [0, 0.05) is 35.7 Å². The summed E-state index contributed by atoms with van der Waals surface area (Å²) in [6.07, 6.45) is 1.64. The molecule has 108 valence electrons. The molecular weight excluding hydrogens is 288 g/mol. The number of hydrogen-bond acceptors (Lipinski definition) is 5. The predicted molar refractivity (Wildman–Crippen MR) is 81.7 cm³/mol. The molecule has 0 radical (unpaired) electrons.